The van der Waals surface area contributed by atoms with E-state index in [2.05, 4.69) is 5.32 Å². The molecule has 0 aromatic heterocycles. The fourth-order valence-corrected chi connectivity index (χ4v) is 5.39. The predicted octanol–water partition coefficient (Wildman–Crippen LogP) is 4.83. The maximum absolute atomic E-state index is 13.8. The van der Waals surface area contributed by atoms with Gasteiger partial charge in [-0.05, 0) is 57.0 Å². The molecule has 0 spiro atoms. The molecular weight excluding hydrogens is 498 g/mol. The van der Waals surface area contributed by atoms with E-state index < -0.39 is 28.5 Å². The third-order valence-corrected chi connectivity index (χ3v) is 8.19. The van der Waals surface area contributed by atoms with Crippen molar-refractivity contribution >= 4 is 27.5 Å². The summed E-state index contributed by atoms with van der Waals surface area (Å²) in [5.41, 5.74) is 3.12. The summed E-state index contributed by atoms with van der Waals surface area (Å²) in [5, 5.41) is 2.89. The number of sulfonamides is 1. The van der Waals surface area contributed by atoms with E-state index in [0.717, 1.165) is 33.8 Å². The first kappa shape index (κ1) is 28.9. The van der Waals surface area contributed by atoms with Crippen molar-refractivity contribution in [2.24, 2.45) is 0 Å². The summed E-state index contributed by atoms with van der Waals surface area (Å²) in [4.78, 5) is 28.3. The summed E-state index contributed by atoms with van der Waals surface area (Å²) in [5.74, 6) is -0.741. The number of nitrogens with zero attached hydrogens (tertiary/aromatic N) is 2. The van der Waals surface area contributed by atoms with E-state index >= 15 is 0 Å². The van der Waals surface area contributed by atoms with Crippen molar-refractivity contribution in [1.29, 1.82) is 0 Å². The Morgan fingerprint density at radius 3 is 2.03 bits per heavy atom. The number of carbonyl (C=O) groups is 2. The minimum atomic E-state index is -4.06. The van der Waals surface area contributed by atoms with Gasteiger partial charge in [-0.2, -0.15) is 0 Å². The first-order chi connectivity index (χ1) is 18.1. The topological polar surface area (TPSA) is 86.8 Å². The lowest BCUT2D eigenvalue weighted by molar-refractivity contribution is -0.139. The van der Waals surface area contributed by atoms with E-state index in [-0.39, 0.29) is 17.3 Å². The quantitative estimate of drug-likeness (QED) is 0.337. The molecule has 0 unspecified atom stereocenters. The van der Waals surface area contributed by atoms with Crippen molar-refractivity contribution in [2.75, 3.05) is 17.4 Å². The highest BCUT2D eigenvalue weighted by Gasteiger charge is 2.32. The molecule has 0 saturated heterocycles. The van der Waals surface area contributed by atoms with Crippen LogP contribution in [0.3, 0.4) is 0 Å². The molecule has 2 amide bonds. The molecule has 8 heteroatoms. The van der Waals surface area contributed by atoms with E-state index in [9.17, 15) is 18.0 Å². The van der Waals surface area contributed by atoms with Gasteiger partial charge in [0.1, 0.15) is 12.6 Å². The number of unbranched alkanes of at least 4 members (excludes halogenated alkanes) is 1. The molecule has 7 nitrogen and oxygen atoms in total. The van der Waals surface area contributed by atoms with Crippen molar-refractivity contribution in [1.82, 2.24) is 10.2 Å². The minimum Gasteiger partial charge on any atom is -0.354 e. The third-order valence-electron chi connectivity index (χ3n) is 6.40. The van der Waals surface area contributed by atoms with Crippen LogP contribution in [0.25, 0.3) is 0 Å². The van der Waals surface area contributed by atoms with Gasteiger partial charge in [-0.3, -0.25) is 13.9 Å². The number of hydrogen-bond acceptors (Lipinski definition) is 4. The van der Waals surface area contributed by atoms with Crippen LogP contribution in [-0.2, 0) is 26.2 Å². The van der Waals surface area contributed by atoms with Crippen LogP contribution in [-0.4, -0.2) is 44.3 Å². The molecule has 0 radical (unpaired) electrons. The number of amides is 2. The van der Waals surface area contributed by atoms with Crippen LogP contribution in [0.4, 0.5) is 5.69 Å². The van der Waals surface area contributed by atoms with Gasteiger partial charge in [-0.1, -0.05) is 79.1 Å². The molecule has 0 aliphatic carbocycles. The molecule has 3 rings (SSSR count). The molecule has 202 valence electrons. The predicted molar refractivity (Wildman–Crippen MR) is 151 cm³/mol. The zero-order valence-electron chi connectivity index (χ0n) is 22.6. The summed E-state index contributed by atoms with van der Waals surface area (Å²) >= 11 is 0. The SMILES string of the molecule is CCCCNC(=O)[C@@H](C)N(Cc1ccccc1)C(=O)CN(c1ccc(C)cc1)S(=O)(=O)c1ccc(C)cc1. The van der Waals surface area contributed by atoms with Gasteiger partial charge in [0.15, 0.2) is 0 Å². The number of anilines is 1. The maximum Gasteiger partial charge on any atom is 0.264 e. The van der Waals surface area contributed by atoms with Crippen molar-refractivity contribution in [3.8, 4) is 0 Å². The average molecular weight is 536 g/mol. The fraction of sp³-hybridized carbons (Fsp3) is 0.333. The molecular formula is C30H37N3O4S. The number of nitrogens with one attached hydrogen (secondary N) is 1. The van der Waals surface area contributed by atoms with Gasteiger partial charge in [0.2, 0.25) is 11.8 Å². The van der Waals surface area contributed by atoms with Gasteiger partial charge in [-0.15, -0.1) is 0 Å². The Labute approximate surface area is 226 Å². The molecule has 0 bridgehead atoms. The minimum absolute atomic E-state index is 0.0939. The van der Waals surface area contributed by atoms with Crippen molar-refractivity contribution in [2.45, 2.75) is 58.0 Å². The molecule has 0 saturated carbocycles. The second kappa shape index (κ2) is 13.2. The van der Waals surface area contributed by atoms with Crippen LogP contribution in [0.5, 0.6) is 0 Å². The largest absolute Gasteiger partial charge is 0.354 e. The Hall–Kier alpha value is -3.65. The van der Waals surface area contributed by atoms with Crippen LogP contribution in [0.2, 0.25) is 0 Å². The van der Waals surface area contributed by atoms with Crippen LogP contribution in [0, 0.1) is 13.8 Å². The van der Waals surface area contributed by atoms with Crippen molar-refractivity contribution < 1.29 is 18.0 Å². The summed E-state index contributed by atoms with van der Waals surface area (Å²) < 4.78 is 28.7. The highest BCUT2D eigenvalue weighted by molar-refractivity contribution is 7.92. The second-order valence-corrected chi connectivity index (χ2v) is 11.4. The molecule has 0 aliphatic rings. The first-order valence-corrected chi connectivity index (χ1v) is 14.3. The molecule has 0 aliphatic heterocycles. The highest BCUT2D eigenvalue weighted by atomic mass is 32.2. The maximum atomic E-state index is 13.8. The molecule has 3 aromatic carbocycles. The first-order valence-electron chi connectivity index (χ1n) is 12.9. The van der Waals surface area contributed by atoms with E-state index in [1.165, 1.54) is 4.90 Å². The van der Waals surface area contributed by atoms with Crippen LogP contribution >= 0.6 is 0 Å². The fourth-order valence-electron chi connectivity index (χ4n) is 3.98. The number of benzene rings is 3. The monoisotopic (exact) mass is 535 g/mol. The van der Waals surface area contributed by atoms with Crippen molar-refractivity contribution in [3.05, 3.63) is 95.6 Å². The zero-order valence-corrected chi connectivity index (χ0v) is 23.4. The Kier molecular flexibility index (Phi) is 10.1. The van der Waals surface area contributed by atoms with Gasteiger partial charge < -0.3 is 10.2 Å². The highest BCUT2D eigenvalue weighted by Crippen LogP contribution is 2.25. The van der Waals surface area contributed by atoms with Gasteiger partial charge in [-0.25, -0.2) is 8.42 Å². The normalized spacial score (nSPS) is 12.0. The number of rotatable bonds is 12. The van der Waals surface area contributed by atoms with Gasteiger partial charge in [0.25, 0.3) is 10.0 Å². The molecule has 0 heterocycles. The van der Waals surface area contributed by atoms with Crippen molar-refractivity contribution in [3.63, 3.8) is 0 Å². The van der Waals surface area contributed by atoms with Crippen LogP contribution in [0.15, 0.2) is 83.8 Å². The Balaban J connectivity index is 1.97. The van der Waals surface area contributed by atoms with Gasteiger partial charge in [0.05, 0.1) is 10.6 Å². The van der Waals surface area contributed by atoms with Crippen LogP contribution in [0.1, 0.15) is 43.4 Å². The summed E-state index contributed by atoms with van der Waals surface area (Å²) in [6, 6.07) is 22.1. The van der Waals surface area contributed by atoms with E-state index in [1.807, 2.05) is 63.2 Å². The molecule has 1 N–H and O–H groups in total. The smallest absolute Gasteiger partial charge is 0.264 e. The standard InChI is InChI=1S/C30H37N3O4S/c1-5-6-20-31-30(35)25(4)32(21-26-10-8-7-9-11-26)29(34)22-33(27-16-12-23(2)13-17-27)38(36,37)28-18-14-24(3)15-19-28/h7-19,25H,5-6,20-22H2,1-4H3,(H,31,35)/t25-/m1/s1. The lowest BCUT2D eigenvalue weighted by Gasteiger charge is -2.32. The average Bonchev–Trinajstić information content (AvgIpc) is 2.91. The lowest BCUT2D eigenvalue weighted by Crippen LogP contribution is -2.51. The van der Waals surface area contributed by atoms with Crippen LogP contribution < -0.4 is 9.62 Å². The summed E-state index contributed by atoms with van der Waals surface area (Å²) in [7, 11) is -4.06. The second-order valence-electron chi connectivity index (χ2n) is 9.49. The van der Waals surface area contributed by atoms with Gasteiger partial charge in [0, 0.05) is 13.1 Å². The number of hydrogen-bond donors (Lipinski definition) is 1. The number of carbonyl (C=O) groups excluding carboxylic acids is 2. The molecule has 1 atom stereocenters. The Bertz CT molecular complexity index is 1310. The molecule has 0 fully saturated rings. The van der Waals surface area contributed by atoms with E-state index in [4.69, 9.17) is 0 Å². The van der Waals surface area contributed by atoms with E-state index in [1.54, 1.807) is 43.3 Å². The summed E-state index contributed by atoms with van der Waals surface area (Å²) in [6.07, 6.45) is 1.77. The molecule has 38 heavy (non-hydrogen) atoms. The third kappa shape index (κ3) is 7.44. The van der Waals surface area contributed by atoms with Gasteiger partial charge >= 0.3 is 0 Å². The lowest BCUT2D eigenvalue weighted by atomic mass is 10.1. The Morgan fingerprint density at radius 1 is 0.868 bits per heavy atom. The number of aryl methyl sites for hydroxylation is 2. The zero-order chi connectivity index (χ0) is 27.7. The summed E-state index contributed by atoms with van der Waals surface area (Å²) in [6.45, 7) is 7.75. The Morgan fingerprint density at radius 2 is 1.45 bits per heavy atom. The van der Waals surface area contributed by atoms with E-state index in [0.29, 0.717) is 12.2 Å². The molecule has 3 aromatic rings.